The van der Waals surface area contributed by atoms with E-state index in [-0.39, 0.29) is 24.5 Å². The first-order chi connectivity index (χ1) is 14.9. The monoisotopic (exact) mass is 449 g/mol. The van der Waals surface area contributed by atoms with Gasteiger partial charge in [0.05, 0.1) is 12.6 Å². The minimum Gasteiger partial charge on any atom is -0.347 e. The number of rotatable bonds is 8. The third-order valence-corrected chi connectivity index (χ3v) is 5.12. The molecule has 0 aromatic heterocycles. The van der Waals surface area contributed by atoms with Crippen molar-refractivity contribution in [3.05, 3.63) is 34.6 Å². The summed E-state index contributed by atoms with van der Waals surface area (Å²) in [5, 5.41) is 15.5. The number of guanidine groups is 2. The highest BCUT2D eigenvalue weighted by atomic mass is 35.5. The van der Waals surface area contributed by atoms with Gasteiger partial charge in [-0.1, -0.05) is 24.6 Å². The molecule has 9 nitrogen and oxygen atoms in total. The molecule has 0 spiro atoms. The largest absolute Gasteiger partial charge is 0.347 e. The van der Waals surface area contributed by atoms with E-state index in [1.807, 2.05) is 6.92 Å². The number of hydrogen-bond donors (Lipinski definition) is 3. The van der Waals surface area contributed by atoms with Crippen LogP contribution < -0.4 is 16.0 Å². The van der Waals surface area contributed by atoms with Crippen molar-refractivity contribution >= 4 is 41.9 Å². The van der Waals surface area contributed by atoms with Crippen LogP contribution in [0.3, 0.4) is 0 Å². The third-order valence-electron chi connectivity index (χ3n) is 4.77. The van der Waals surface area contributed by atoms with Crippen molar-refractivity contribution in [3.8, 4) is 0 Å². The number of aldehydes is 1. The molecule has 2 aliphatic heterocycles. The molecule has 2 heterocycles. The fourth-order valence-corrected chi connectivity index (χ4v) is 3.53. The van der Waals surface area contributed by atoms with Gasteiger partial charge in [-0.05, 0) is 30.5 Å². The maximum Gasteiger partial charge on any atom is 0.223 e. The van der Waals surface area contributed by atoms with Crippen LogP contribution in [0.5, 0.6) is 0 Å². The normalized spacial score (nSPS) is 23.3. The van der Waals surface area contributed by atoms with Gasteiger partial charge in [-0.2, -0.15) is 5.10 Å². The van der Waals surface area contributed by atoms with Gasteiger partial charge in [-0.3, -0.25) is 15.1 Å². The number of aliphatic imine (C=N–C) groups is 2. The lowest BCUT2D eigenvalue weighted by Gasteiger charge is -2.36. The van der Waals surface area contributed by atoms with Crippen LogP contribution in [-0.4, -0.2) is 54.1 Å². The molecule has 0 radical (unpaired) electrons. The van der Waals surface area contributed by atoms with Gasteiger partial charge in [-0.25, -0.2) is 14.4 Å². The van der Waals surface area contributed by atoms with Crippen LogP contribution in [0.4, 0.5) is 4.39 Å². The van der Waals surface area contributed by atoms with Crippen LogP contribution in [0.1, 0.15) is 32.3 Å². The molecule has 166 valence electrons. The highest BCUT2D eigenvalue weighted by Gasteiger charge is 2.39. The fraction of sp³-hybridized carbons (Fsp3) is 0.450. The zero-order valence-electron chi connectivity index (χ0n) is 17.3. The van der Waals surface area contributed by atoms with Crippen LogP contribution in [-0.2, 0) is 16.1 Å². The van der Waals surface area contributed by atoms with Gasteiger partial charge in [0, 0.05) is 30.6 Å². The quantitative estimate of drug-likeness (QED) is 0.522. The van der Waals surface area contributed by atoms with E-state index in [0.717, 1.165) is 12.7 Å². The number of fused-ring (bicyclic) bond motifs is 1. The first-order valence-corrected chi connectivity index (χ1v) is 10.4. The number of hydrazone groups is 1. The summed E-state index contributed by atoms with van der Waals surface area (Å²) < 4.78 is 13.3. The molecule has 2 aliphatic rings. The summed E-state index contributed by atoms with van der Waals surface area (Å²) >= 11 is 6.10. The van der Waals surface area contributed by atoms with Crippen molar-refractivity contribution in [2.75, 3.05) is 6.54 Å². The summed E-state index contributed by atoms with van der Waals surface area (Å²) in [5.41, 5.74) is 0.680. The number of halogens is 2. The van der Waals surface area contributed by atoms with Gasteiger partial charge in [0.15, 0.2) is 5.96 Å². The topological polar surface area (TPSA) is 111 Å². The molecule has 3 N–H and O–H groups in total. The summed E-state index contributed by atoms with van der Waals surface area (Å²) in [6.45, 7) is 4.23. The Balaban J connectivity index is 1.78. The fourth-order valence-electron chi connectivity index (χ4n) is 3.31. The average Bonchev–Trinajstić information content (AvgIpc) is 3.13. The lowest BCUT2D eigenvalue weighted by Crippen LogP contribution is -2.63. The average molecular weight is 450 g/mol. The highest BCUT2D eigenvalue weighted by molar-refractivity contribution is 6.31. The SMILES string of the molecule is CCCN=C1NC(=NCc2ccc(F)cc2Cl)NC2C(CC(C=O)NC(C)=O)C=NN12. The molecule has 3 rings (SSSR count). The van der Waals surface area contributed by atoms with Crippen LogP contribution in [0, 0.1) is 11.7 Å². The molecule has 1 fully saturated rings. The Bertz CT molecular complexity index is 921. The smallest absolute Gasteiger partial charge is 0.223 e. The summed E-state index contributed by atoms with van der Waals surface area (Å²) in [6, 6.07) is 3.55. The van der Waals surface area contributed by atoms with Crippen LogP contribution >= 0.6 is 11.6 Å². The van der Waals surface area contributed by atoms with Crippen molar-refractivity contribution in [2.24, 2.45) is 21.0 Å². The predicted molar refractivity (Wildman–Crippen MR) is 117 cm³/mol. The van der Waals surface area contributed by atoms with E-state index in [0.29, 0.717) is 35.5 Å². The molecule has 0 bridgehead atoms. The number of carbonyl (C=O) groups is 2. The van der Waals surface area contributed by atoms with Gasteiger partial charge >= 0.3 is 0 Å². The van der Waals surface area contributed by atoms with Crippen molar-refractivity contribution in [1.29, 1.82) is 0 Å². The number of amides is 1. The Kier molecular flexibility index (Phi) is 7.56. The predicted octanol–water partition coefficient (Wildman–Crippen LogP) is 1.63. The molecule has 11 heteroatoms. The minimum absolute atomic E-state index is 0.171. The number of hydrogen-bond acceptors (Lipinski definition) is 5. The molecule has 3 atom stereocenters. The Morgan fingerprint density at radius 3 is 2.94 bits per heavy atom. The second-order valence-electron chi connectivity index (χ2n) is 7.27. The van der Waals surface area contributed by atoms with Crippen molar-refractivity contribution in [2.45, 2.75) is 45.4 Å². The molecular weight excluding hydrogens is 425 g/mol. The second-order valence-corrected chi connectivity index (χ2v) is 7.68. The van der Waals surface area contributed by atoms with Gasteiger partial charge < -0.3 is 15.4 Å². The molecule has 0 aliphatic carbocycles. The number of nitrogens with zero attached hydrogens (tertiary/aromatic N) is 4. The molecule has 0 saturated carbocycles. The van der Waals surface area contributed by atoms with E-state index in [9.17, 15) is 14.0 Å². The first kappa shape index (κ1) is 22.7. The zero-order valence-corrected chi connectivity index (χ0v) is 18.1. The van der Waals surface area contributed by atoms with Crippen LogP contribution in [0.2, 0.25) is 5.02 Å². The molecular formula is C20H25ClFN7O2. The second kappa shape index (κ2) is 10.3. The summed E-state index contributed by atoms with van der Waals surface area (Å²) in [4.78, 5) is 31.8. The maximum absolute atomic E-state index is 13.3. The van der Waals surface area contributed by atoms with Crippen LogP contribution in [0.25, 0.3) is 0 Å². The molecule has 3 unspecified atom stereocenters. The number of nitrogens with one attached hydrogen (secondary N) is 3. The van der Waals surface area contributed by atoms with Gasteiger partial charge in [0.1, 0.15) is 18.3 Å². The molecule has 31 heavy (non-hydrogen) atoms. The summed E-state index contributed by atoms with van der Waals surface area (Å²) in [7, 11) is 0. The zero-order chi connectivity index (χ0) is 22.4. The van der Waals surface area contributed by atoms with Gasteiger partial charge in [0.25, 0.3) is 0 Å². The molecule has 1 aromatic carbocycles. The number of benzene rings is 1. The lowest BCUT2D eigenvalue weighted by molar-refractivity contribution is -0.122. The van der Waals surface area contributed by atoms with E-state index in [4.69, 9.17) is 11.6 Å². The van der Waals surface area contributed by atoms with Crippen molar-refractivity contribution in [3.63, 3.8) is 0 Å². The minimum atomic E-state index is -0.625. The first-order valence-electron chi connectivity index (χ1n) is 10.0. The highest BCUT2D eigenvalue weighted by Crippen LogP contribution is 2.23. The standard InChI is InChI=1S/C20H25ClFN7O2/c1-3-6-23-20-28-19(24-9-13-4-5-15(22)8-17(13)21)27-18-14(10-25-29(18)20)7-16(11-30)26-12(2)31/h4-5,8,10-11,14,16,18H,3,6-7,9H2,1-2H3,(H,26,31)(H2,23,24,27,28). The third kappa shape index (κ3) is 5.78. The maximum atomic E-state index is 13.3. The van der Waals surface area contributed by atoms with E-state index in [2.05, 4.69) is 31.0 Å². The van der Waals surface area contributed by atoms with Gasteiger partial charge in [0.2, 0.25) is 11.9 Å². The number of carbonyl (C=O) groups excluding carboxylic acids is 2. The van der Waals surface area contributed by atoms with Crippen LogP contribution in [0.15, 0.2) is 33.3 Å². The van der Waals surface area contributed by atoms with E-state index in [1.165, 1.54) is 19.1 Å². The van der Waals surface area contributed by atoms with Crippen molar-refractivity contribution < 1.29 is 14.0 Å². The molecule has 1 amide bonds. The Morgan fingerprint density at radius 1 is 1.45 bits per heavy atom. The summed E-state index contributed by atoms with van der Waals surface area (Å²) in [5.74, 6) is 0.154. The Morgan fingerprint density at radius 2 is 2.26 bits per heavy atom. The van der Waals surface area contributed by atoms with E-state index in [1.54, 1.807) is 17.3 Å². The Hall–Kier alpha value is -3.01. The Labute approximate surface area is 184 Å². The lowest BCUT2D eigenvalue weighted by atomic mass is 9.98. The van der Waals surface area contributed by atoms with Crippen molar-refractivity contribution in [1.82, 2.24) is 21.0 Å². The molecule has 1 saturated heterocycles. The summed E-state index contributed by atoms with van der Waals surface area (Å²) in [6.07, 6.45) is 3.36. The van der Waals surface area contributed by atoms with E-state index < -0.39 is 11.9 Å². The molecule has 1 aromatic rings. The van der Waals surface area contributed by atoms with Gasteiger partial charge in [-0.15, -0.1) is 0 Å². The van der Waals surface area contributed by atoms with E-state index >= 15 is 0 Å².